The zero-order chi connectivity index (χ0) is 18.4. The second-order valence-electron chi connectivity index (χ2n) is 6.55. The van der Waals surface area contributed by atoms with Gasteiger partial charge in [0, 0.05) is 38.4 Å². The van der Waals surface area contributed by atoms with Gasteiger partial charge in [0.15, 0.2) is 0 Å². The van der Waals surface area contributed by atoms with Gasteiger partial charge in [0.05, 0.1) is 5.56 Å². The van der Waals surface area contributed by atoms with Crippen molar-refractivity contribution in [2.75, 3.05) is 20.1 Å². The van der Waals surface area contributed by atoms with Crippen molar-refractivity contribution >= 4 is 11.8 Å². The minimum Gasteiger partial charge on any atom is -0.340 e. The number of hydrogen-bond donors (Lipinski definition) is 2. The molecule has 1 aromatic carbocycles. The van der Waals surface area contributed by atoms with Crippen molar-refractivity contribution in [3.63, 3.8) is 0 Å². The number of nitrogens with one attached hydrogen (secondary N) is 2. The zero-order valence-corrected chi connectivity index (χ0v) is 14.9. The summed E-state index contributed by atoms with van der Waals surface area (Å²) in [6.45, 7) is 1.70. The molecule has 26 heavy (non-hydrogen) atoms. The number of carbonyl (C=O) groups excluding carboxylic acids is 2. The predicted octanol–water partition coefficient (Wildman–Crippen LogP) is 1.24. The van der Waals surface area contributed by atoms with Crippen molar-refractivity contribution in [1.29, 1.82) is 0 Å². The molecule has 6 heteroatoms. The molecular weight excluding hydrogens is 328 g/mol. The zero-order valence-electron chi connectivity index (χ0n) is 14.9. The number of amides is 2. The Bertz CT molecular complexity index is 730. The predicted molar refractivity (Wildman–Crippen MR) is 99.7 cm³/mol. The highest BCUT2D eigenvalue weighted by Crippen LogP contribution is 2.12. The van der Waals surface area contributed by atoms with E-state index in [1.165, 1.54) is 6.20 Å². The highest BCUT2D eigenvalue weighted by Gasteiger charge is 2.30. The fourth-order valence-electron chi connectivity index (χ4n) is 3.18. The van der Waals surface area contributed by atoms with Crippen LogP contribution in [0.25, 0.3) is 0 Å². The van der Waals surface area contributed by atoms with Gasteiger partial charge in [-0.3, -0.25) is 14.6 Å². The summed E-state index contributed by atoms with van der Waals surface area (Å²) in [6, 6.07) is 12.7. The smallest absolute Gasteiger partial charge is 0.253 e. The maximum Gasteiger partial charge on any atom is 0.253 e. The fraction of sp³-hybridized carbons (Fsp3) is 0.350. The first kappa shape index (κ1) is 18.1. The van der Waals surface area contributed by atoms with Crippen molar-refractivity contribution in [3.8, 4) is 0 Å². The van der Waals surface area contributed by atoms with E-state index in [0.717, 1.165) is 25.1 Å². The molecule has 2 atom stereocenters. The van der Waals surface area contributed by atoms with E-state index < -0.39 is 6.04 Å². The van der Waals surface area contributed by atoms with Crippen molar-refractivity contribution in [2.24, 2.45) is 0 Å². The van der Waals surface area contributed by atoms with Crippen LogP contribution in [0.2, 0.25) is 0 Å². The van der Waals surface area contributed by atoms with Crippen LogP contribution in [-0.2, 0) is 11.2 Å². The minimum atomic E-state index is -0.615. The topological polar surface area (TPSA) is 74.3 Å². The summed E-state index contributed by atoms with van der Waals surface area (Å²) >= 11 is 0. The molecule has 2 heterocycles. The molecule has 1 aromatic heterocycles. The number of aromatic nitrogens is 1. The Kier molecular flexibility index (Phi) is 5.96. The number of benzene rings is 1. The summed E-state index contributed by atoms with van der Waals surface area (Å²) in [5.41, 5.74) is 1.46. The molecule has 0 saturated carbocycles. The van der Waals surface area contributed by atoms with Gasteiger partial charge in [0.25, 0.3) is 5.91 Å². The number of carbonyl (C=O) groups is 2. The molecule has 2 unspecified atom stereocenters. The lowest BCUT2D eigenvalue weighted by Crippen LogP contribution is -2.51. The molecule has 0 spiro atoms. The molecule has 0 aliphatic carbocycles. The summed E-state index contributed by atoms with van der Waals surface area (Å²) in [4.78, 5) is 31.4. The van der Waals surface area contributed by atoms with Gasteiger partial charge in [-0.2, -0.15) is 0 Å². The van der Waals surface area contributed by atoms with Crippen LogP contribution in [0.15, 0.2) is 54.9 Å². The summed E-state index contributed by atoms with van der Waals surface area (Å²) in [5.74, 6) is -0.356. The second-order valence-corrected chi connectivity index (χ2v) is 6.55. The van der Waals surface area contributed by atoms with Gasteiger partial charge in [0.1, 0.15) is 6.04 Å². The quantitative estimate of drug-likeness (QED) is 0.820. The molecule has 1 aliphatic heterocycles. The van der Waals surface area contributed by atoms with Crippen LogP contribution in [0.4, 0.5) is 0 Å². The lowest BCUT2D eigenvalue weighted by Gasteiger charge is -2.29. The van der Waals surface area contributed by atoms with E-state index in [1.54, 1.807) is 23.2 Å². The third-order valence-electron chi connectivity index (χ3n) is 4.74. The Labute approximate surface area is 153 Å². The summed E-state index contributed by atoms with van der Waals surface area (Å²) in [7, 11) is 1.81. The maximum atomic E-state index is 13.1. The van der Waals surface area contributed by atoms with Gasteiger partial charge >= 0.3 is 0 Å². The van der Waals surface area contributed by atoms with Gasteiger partial charge in [-0.1, -0.05) is 30.3 Å². The highest BCUT2D eigenvalue weighted by atomic mass is 16.2. The van der Waals surface area contributed by atoms with Crippen LogP contribution < -0.4 is 10.6 Å². The van der Waals surface area contributed by atoms with E-state index in [9.17, 15) is 9.59 Å². The lowest BCUT2D eigenvalue weighted by molar-refractivity contribution is -0.133. The molecule has 1 fully saturated rings. The third-order valence-corrected chi connectivity index (χ3v) is 4.74. The Morgan fingerprint density at radius 3 is 2.73 bits per heavy atom. The normalized spacial score (nSPS) is 17.5. The highest BCUT2D eigenvalue weighted by molar-refractivity contribution is 5.97. The van der Waals surface area contributed by atoms with Crippen LogP contribution in [-0.4, -0.2) is 53.9 Å². The van der Waals surface area contributed by atoms with Gasteiger partial charge in [-0.15, -0.1) is 0 Å². The summed E-state index contributed by atoms with van der Waals surface area (Å²) < 4.78 is 0. The first-order valence-electron chi connectivity index (χ1n) is 8.87. The maximum absolute atomic E-state index is 13.1. The molecular formula is C20H24N4O2. The monoisotopic (exact) mass is 352 g/mol. The van der Waals surface area contributed by atoms with Crippen molar-refractivity contribution in [2.45, 2.75) is 24.9 Å². The van der Waals surface area contributed by atoms with E-state index in [2.05, 4.69) is 15.6 Å². The molecule has 1 aliphatic rings. The summed E-state index contributed by atoms with van der Waals surface area (Å²) in [6.07, 6.45) is 4.50. The summed E-state index contributed by atoms with van der Waals surface area (Å²) in [5, 5.41) is 6.17. The first-order chi connectivity index (χ1) is 12.6. The molecule has 0 radical (unpaired) electrons. The van der Waals surface area contributed by atoms with Gasteiger partial charge < -0.3 is 15.5 Å². The molecule has 0 bridgehead atoms. The molecule has 136 valence electrons. The SMILES string of the molecule is CN(C(=O)C(Cc1ccccc1)NC(=O)c1cccnc1)C1CCNC1. The molecule has 6 nitrogen and oxygen atoms in total. The van der Waals surface area contributed by atoms with Crippen molar-refractivity contribution < 1.29 is 9.59 Å². The Morgan fingerprint density at radius 2 is 2.08 bits per heavy atom. The van der Waals surface area contributed by atoms with E-state index in [-0.39, 0.29) is 17.9 Å². The van der Waals surface area contributed by atoms with Crippen molar-refractivity contribution in [3.05, 3.63) is 66.0 Å². The average Bonchev–Trinajstić information content (AvgIpc) is 3.22. The Balaban J connectivity index is 1.76. The number of nitrogens with zero attached hydrogens (tertiary/aromatic N) is 2. The van der Waals surface area contributed by atoms with Gasteiger partial charge in [0.2, 0.25) is 5.91 Å². The Morgan fingerprint density at radius 1 is 1.27 bits per heavy atom. The number of likely N-dealkylation sites (N-methyl/N-ethyl adjacent to an activating group) is 1. The number of hydrogen-bond acceptors (Lipinski definition) is 4. The molecule has 1 saturated heterocycles. The van der Waals surface area contributed by atoms with E-state index in [0.29, 0.717) is 12.0 Å². The largest absolute Gasteiger partial charge is 0.340 e. The van der Waals surface area contributed by atoms with Gasteiger partial charge in [-0.05, 0) is 30.7 Å². The lowest BCUT2D eigenvalue weighted by atomic mass is 10.0. The molecule has 2 aromatic rings. The average molecular weight is 352 g/mol. The van der Waals surface area contributed by atoms with Crippen molar-refractivity contribution in [1.82, 2.24) is 20.5 Å². The van der Waals surface area contributed by atoms with Crippen LogP contribution in [0.1, 0.15) is 22.3 Å². The van der Waals surface area contributed by atoms with Crippen LogP contribution in [0, 0.1) is 0 Å². The number of pyridine rings is 1. The van der Waals surface area contributed by atoms with E-state index in [1.807, 2.05) is 37.4 Å². The standard InChI is InChI=1S/C20H24N4O2/c1-24(17-9-11-22-14-17)20(26)18(12-15-6-3-2-4-7-15)23-19(25)16-8-5-10-21-13-16/h2-8,10,13,17-18,22H,9,11-12,14H2,1H3,(H,23,25). The minimum absolute atomic E-state index is 0.0696. The van der Waals surface area contributed by atoms with Crippen LogP contribution >= 0.6 is 0 Å². The van der Waals surface area contributed by atoms with E-state index >= 15 is 0 Å². The molecule has 3 rings (SSSR count). The van der Waals surface area contributed by atoms with Crippen LogP contribution in [0.5, 0.6) is 0 Å². The second kappa shape index (κ2) is 8.58. The fourth-order valence-corrected chi connectivity index (χ4v) is 3.18. The number of rotatable bonds is 6. The molecule has 2 amide bonds. The Hall–Kier alpha value is -2.73. The van der Waals surface area contributed by atoms with E-state index in [4.69, 9.17) is 0 Å². The van der Waals surface area contributed by atoms with Gasteiger partial charge in [-0.25, -0.2) is 0 Å². The van der Waals surface area contributed by atoms with Crippen LogP contribution in [0.3, 0.4) is 0 Å². The first-order valence-corrected chi connectivity index (χ1v) is 8.87. The molecule has 2 N–H and O–H groups in total. The third kappa shape index (κ3) is 4.46.